The molecule has 0 heterocycles. The van der Waals surface area contributed by atoms with Gasteiger partial charge < -0.3 is 15.0 Å². The first kappa shape index (κ1) is 31.6. The van der Waals surface area contributed by atoms with Crippen molar-refractivity contribution in [2.75, 3.05) is 17.5 Å². The number of nitrogens with zero attached hydrogens (tertiary/aromatic N) is 2. The normalized spacial score (nSPS) is 12.7. The molecule has 0 saturated heterocycles. The van der Waals surface area contributed by atoms with Crippen LogP contribution >= 0.6 is 0 Å². The van der Waals surface area contributed by atoms with E-state index in [-0.39, 0.29) is 29.1 Å². The molecule has 220 valence electrons. The Labute approximate surface area is 242 Å². The van der Waals surface area contributed by atoms with E-state index in [1.807, 2.05) is 52.0 Å². The van der Waals surface area contributed by atoms with E-state index in [9.17, 15) is 22.4 Å². The lowest BCUT2D eigenvalue weighted by atomic mass is 10.1. The van der Waals surface area contributed by atoms with Crippen molar-refractivity contribution in [3.8, 4) is 5.75 Å². The highest BCUT2D eigenvalue weighted by molar-refractivity contribution is 7.92. The molecule has 0 aliphatic rings. The summed E-state index contributed by atoms with van der Waals surface area (Å²) >= 11 is 0. The van der Waals surface area contributed by atoms with Crippen LogP contribution in [-0.2, 0) is 26.2 Å². The van der Waals surface area contributed by atoms with E-state index in [0.29, 0.717) is 18.8 Å². The van der Waals surface area contributed by atoms with Gasteiger partial charge in [-0.1, -0.05) is 36.8 Å². The zero-order valence-corrected chi connectivity index (χ0v) is 24.9. The highest BCUT2D eigenvalue weighted by atomic mass is 32.2. The first-order valence-electron chi connectivity index (χ1n) is 13.6. The number of anilines is 1. The Bertz CT molecular complexity index is 1430. The lowest BCUT2D eigenvalue weighted by Crippen LogP contribution is -2.52. The van der Waals surface area contributed by atoms with Crippen molar-refractivity contribution in [3.05, 3.63) is 89.7 Å². The molecule has 0 bridgehead atoms. The number of nitrogens with one attached hydrogen (secondary N) is 1. The van der Waals surface area contributed by atoms with Crippen LogP contribution in [0.25, 0.3) is 0 Å². The van der Waals surface area contributed by atoms with Crippen LogP contribution in [0.5, 0.6) is 5.75 Å². The van der Waals surface area contributed by atoms with E-state index in [0.717, 1.165) is 39.7 Å². The van der Waals surface area contributed by atoms with Gasteiger partial charge in [0.05, 0.1) is 17.2 Å². The number of hydrogen-bond donors (Lipinski definition) is 1. The molecule has 0 spiro atoms. The summed E-state index contributed by atoms with van der Waals surface area (Å²) in [5.41, 5.74) is 2.01. The van der Waals surface area contributed by atoms with Crippen molar-refractivity contribution in [2.45, 2.75) is 64.6 Å². The van der Waals surface area contributed by atoms with Crippen LogP contribution in [0.15, 0.2) is 77.7 Å². The van der Waals surface area contributed by atoms with Crippen molar-refractivity contribution >= 4 is 27.5 Å². The summed E-state index contributed by atoms with van der Waals surface area (Å²) in [6.07, 6.45) is 0.714. The maximum Gasteiger partial charge on any atom is 0.264 e. The van der Waals surface area contributed by atoms with E-state index in [4.69, 9.17) is 4.74 Å². The first-order valence-corrected chi connectivity index (χ1v) is 15.1. The Morgan fingerprint density at radius 1 is 0.976 bits per heavy atom. The Balaban J connectivity index is 2.03. The second-order valence-electron chi connectivity index (χ2n) is 9.90. The van der Waals surface area contributed by atoms with Crippen molar-refractivity contribution in [3.63, 3.8) is 0 Å². The number of halogens is 1. The number of amides is 2. The Kier molecular flexibility index (Phi) is 10.9. The van der Waals surface area contributed by atoms with Crippen LogP contribution in [0.3, 0.4) is 0 Å². The van der Waals surface area contributed by atoms with Crippen LogP contribution in [0.4, 0.5) is 10.1 Å². The maximum atomic E-state index is 14.0. The molecule has 3 rings (SSSR count). The molecule has 0 aliphatic carbocycles. The third-order valence-electron chi connectivity index (χ3n) is 6.72. The fourth-order valence-electron chi connectivity index (χ4n) is 4.19. The molecule has 10 heteroatoms. The first-order chi connectivity index (χ1) is 19.5. The molecule has 8 nitrogen and oxygen atoms in total. The van der Waals surface area contributed by atoms with Crippen LogP contribution in [0, 0.1) is 12.7 Å². The van der Waals surface area contributed by atoms with Gasteiger partial charge in [-0.2, -0.15) is 0 Å². The summed E-state index contributed by atoms with van der Waals surface area (Å²) < 4.78 is 47.7. The molecule has 0 aliphatic heterocycles. The lowest BCUT2D eigenvalue weighted by Gasteiger charge is -2.32. The van der Waals surface area contributed by atoms with Gasteiger partial charge in [0.1, 0.15) is 24.2 Å². The van der Waals surface area contributed by atoms with Crippen LogP contribution in [0.1, 0.15) is 45.2 Å². The monoisotopic (exact) mass is 583 g/mol. The number of rotatable bonds is 13. The smallest absolute Gasteiger partial charge is 0.264 e. The molecule has 0 fully saturated rings. The van der Waals surface area contributed by atoms with Crippen molar-refractivity contribution in [1.82, 2.24) is 10.2 Å². The fourth-order valence-corrected chi connectivity index (χ4v) is 5.61. The molecule has 0 unspecified atom stereocenters. The lowest BCUT2D eigenvalue weighted by molar-refractivity contribution is -0.139. The standard InChI is InChI=1S/C31H38FN3O5S/c1-6-23(4)33-31(37)24(5)34(20-25-10-8-9-22(3)19-25)30(36)21-35(27-13-15-28(16-14-27)40-7-2)41(38,39)29-17-11-26(32)12-18-29/h8-19,23-24H,6-7,20-21H2,1-5H3,(H,33,37)/t23-,24-/m1/s1. The summed E-state index contributed by atoms with van der Waals surface area (Å²) in [7, 11) is -4.30. The van der Waals surface area contributed by atoms with Crippen LogP contribution in [0.2, 0.25) is 0 Å². The van der Waals surface area contributed by atoms with Crippen LogP contribution < -0.4 is 14.4 Å². The van der Waals surface area contributed by atoms with Gasteiger partial charge in [-0.25, -0.2) is 12.8 Å². The second-order valence-corrected chi connectivity index (χ2v) is 11.8. The Morgan fingerprint density at radius 3 is 2.22 bits per heavy atom. The summed E-state index contributed by atoms with van der Waals surface area (Å²) in [4.78, 5) is 28.3. The number of benzene rings is 3. The average Bonchev–Trinajstić information content (AvgIpc) is 2.95. The number of carbonyl (C=O) groups excluding carboxylic acids is 2. The predicted molar refractivity (Wildman–Crippen MR) is 158 cm³/mol. The number of hydrogen-bond acceptors (Lipinski definition) is 5. The topological polar surface area (TPSA) is 96.0 Å². The molecular weight excluding hydrogens is 545 g/mol. The quantitative estimate of drug-likeness (QED) is 0.304. The van der Waals surface area contributed by atoms with Crippen LogP contribution in [-0.4, -0.2) is 50.4 Å². The zero-order valence-electron chi connectivity index (χ0n) is 24.1. The number of aryl methyl sites for hydroxylation is 1. The molecule has 0 saturated carbocycles. The third kappa shape index (κ3) is 8.29. The van der Waals surface area contributed by atoms with Gasteiger partial charge in [0.15, 0.2) is 0 Å². The van der Waals surface area contributed by atoms with Gasteiger partial charge in [-0.05, 0) is 88.2 Å². The zero-order chi connectivity index (χ0) is 30.2. The summed E-state index contributed by atoms with van der Waals surface area (Å²) in [5.74, 6) is -0.955. The highest BCUT2D eigenvalue weighted by Crippen LogP contribution is 2.27. The molecule has 3 aromatic rings. The SMILES string of the molecule is CCOc1ccc(N(CC(=O)N(Cc2cccc(C)c2)[C@H](C)C(=O)N[C@H](C)CC)S(=O)(=O)c2ccc(F)cc2)cc1. The predicted octanol–water partition coefficient (Wildman–Crippen LogP) is 5.06. The minimum Gasteiger partial charge on any atom is -0.494 e. The average molecular weight is 584 g/mol. The number of ether oxygens (including phenoxy) is 1. The van der Waals surface area contributed by atoms with Crippen molar-refractivity contribution in [2.24, 2.45) is 0 Å². The minimum atomic E-state index is -4.30. The van der Waals surface area contributed by atoms with Gasteiger partial charge in [0, 0.05) is 12.6 Å². The molecule has 41 heavy (non-hydrogen) atoms. The molecule has 3 aromatic carbocycles. The minimum absolute atomic E-state index is 0.0971. The number of carbonyl (C=O) groups is 2. The van der Waals surface area contributed by atoms with Gasteiger partial charge in [0.2, 0.25) is 11.8 Å². The molecule has 2 amide bonds. The molecular formula is C31H38FN3O5S. The van der Waals surface area contributed by atoms with Gasteiger partial charge in [-0.3, -0.25) is 13.9 Å². The molecule has 2 atom stereocenters. The van der Waals surface area contributed by atoms with Gasteiger partial charge in [-0.15, -0.1) is 0 Å². The summed E-state index contributed by atoms with van der Waals surface area (Å²) in [6, 6.07) is 17.3. The van der Waals surface area contributed by atoms with E-state index in [2.05, 4.69) is 5.32 Å². The molecule has 0 radical (unpaired) electrons. The summed E-state index contributed by atoms with van der Waals surface area (Å²) in [6.45, 7) is 9.16. The van der Waals surface area contributed by atoms with Crippen molar-refractivity contribution in [1.29, 1.82) is 0 Å². The Morgan fingerprint density at radius 2 is 1.63 bits per heavy atom. The maximum absolute atomic E-state index is 14.0. The second kappa shape index (κ2) is 14.1. The third-order valence-corrected chi connectivity index (χ3v) is 8.51. The van der Waals surface area contributed by atoms with Gasteiger partial charge >= 0.3 is 0 Å². The van der Waals surface area contributed by atoms with Gasteiger partial charge in [0.25, 0.3) is 10.0 Å². The van der Waals surface area contributed by atoms with E-state index < -0.39 is 34.3 Å². The van der Waals surface area contributed by atoms with E-state index >= 15 is 0 Å². The van der Waals surface area contributed by atoms with E-state index in [1.165, 1.54) is 4.90 Å². The van der Waals surface area contributed by atoms with Crippen molar-refractivity contribution < 1.29 is 27.1 Å². The molecule has 0 aromatic heterocycles. The highest BCUT2D eigenvalue weighted by Gasteiger charge is 2.33. The summed E-state index contributed by atoms with van der Waals surface area (Å²) in [5, 5.41) is 2.91. The number of sulfonamides is 1. The van der Waals surface area contributed by atoms with E-state index in [1.54, 1.807) is 31.2 Å². The molecule has 1 N–H and O–H groups in total. The fraction of sp³-hybridized carbons (Fsp3) is 0.355. The Hall–Kier alpha value is -3.92. The largest absolute Gasteiger partial charge is 0.494 e.